The topological polar surface area (TPSA) is 54.9 Å². The molecule has 2 fully saturated rings. The average Bonchev–Trinajstić information content (AvgIpc) is 2.80. The lowest BCUT2D eigenvalue weighted by atomic mass is 9.98. The van der Waals surface area contributed by atoms with Gasteiger partial charge < -0.3 is 14.4 Å². The van der Waals surface area contributed by atoms with Crippen LogP contribution in [-0.2, 0) is 11.3 Å². The van der Waals surface area contributed by atoms with E-state index in [0.29, 0.717) is 62.2 Å². The van der Waals surface area contributed by atoms with Gasteiger partial charge in [0.1, 0.15) is 11.6 Å². The van der Waals surface area contributed by atoms with Crippen molar-refractivity contribution in [3.8, 4) is 5.75 Å². The Morgan fingerprint density at radius 2 is 2.03 bits per heavy atom. The van der Waals surface area contributed by atoms with Crippen LogP contribution in [0.4, 0.5) is 4.39 Å². The minimum atomic E-state index is -0.258. The summed E-state index contributed by atoms with van der Waals surface area (Å²) in [5.74, 6) is 0.709. The van der Waals surface area contributed by atoms with E-state index in [9.17, 15) is 9.18 Å². The van der Waals surface area contributed by atoms with E-state index < -0.39 is 0 Å². The number of carbonyl (C=O) groups excluding carboxylic acids is 1. The quantitative estimate of drug-likeness (QED) is 0.729. The molecule has 1 unspecified atom stereocenters. The van der Waals surface area contributed by atoms with Crippen molar-refractivity contribution in [2.45, 2.75) is 19.4 Å². The Hall–Kier alpha value is -2.51. The van der Waals surface area contributed by atoms with Crippen LogP contribution in [0.1, 0.15) is 28.8 Å². The predicted octanol–water partition coefficient (Wildman–Crippen LogP) is 2.98. The number of pyridine rings is 1. The standard InChI is InChI=1S/C23H28FN3O3/c24-21-14-25-8-7-19(21)16-26-9-3-4-18(15-26)17-30-22-6-2-1-5-20(22)23(28)27-10-12-29-13-11-27/h1-2,5-8,14,18H,3-4,9-13,15-17H2. The molecule has 30 heavy (non-hydrogen) atoms. The second kappa shape index (κ2) is 10.00. The van der Waals surface area contributed by atoms with E-state index in [4.69, 9.17) is 9.47 Å². The van der Waals surface area contributed by atoms with Crippen molar-refractivity contribution in [2.75, 3.05) is 46.0 Å². The van der Waals surface area contributed by atoms with Gasteiger partial charge in [0.15, 0.2) is 0 Å². The van der Waals surface area contributed by atoms with Crippen molar-refractivity contribution in [1.29, 1.82) is 0 Å². The maximum Gasteiger partial charge on any atom is 0.257 e. The summed E-state index contributed by atoms with van der Waals surface area (Å²) in [5.41, 5.74) is 1.28. The fourth-order valence-corrected chi connectivity index (χ4v) is 4.12. The first-order chi connectivity index (χ1) is 14.7. The zero-order chi connectivity index (χ0) is 20.8. The number of hydrogen-bond acceptors (Lipinski definition) is 5. The molecule has 0 N–H and O–H groups in total. The number of aromatic nitrogens is 1. The Labute approximate surface area is 176 Å². The van der Waals surface area contributed by atoms with E-state index in [1.54, 1.807) is 12.3 Å². The maximum atomic E-state index is 13.9. The van der Waals surface area contributed by atoms with Crippen molar-refractivity contribution < 1.29 is 18.7 Å². The molecule has 4 rings (SSSR count). The van der Waals surface area contributed by atoms with Crippen LogP contribution >= 0.6 is 0 Å². The molecule has 3 heterocycles. The monoisotopic (exact) mass is 413 g/mol. The van der Waals surface area contributed by atoms with Gasteiger partial charge in [-0.15, -0.1) is 0 Å². The summed E-state index contributed by atoms with van der Waals surface area (Å²) in [4.78, 5) is 20.8. The number of halogens is 1. The van der Waals surface area contributed by atoms with Crippen LogP contribution in [0.15, 0.2) is 42.7 Å². The van der Waals surface area contributed by atoms with Crippen LogP contribution in [0, 0.1) is 11.7 Å². The number of ether oxygens (including phenoxy) is 2. The number of benzene rings is 1. The molecule has 160 valence electrons. The molecule has 0 radical (unpaired) electrons. The molecule has 0 spiro atoms. The summed E-state index contributed by atoms with van der Waals surface area (Å²) in [6.07, 6.45) is 5.01. The molecule has 2 aliphatic heterocycles. The number of para-hydroxylation sites is 1. The highest BCUT2D eigenvalue weighted by Gasteiger charge is 2.24. The zero-order valence-corrected chi connectivity index (χ0v) is 17.1. The Morgan fingerprint density at radius 3 is 2.87 bits per heavy atom. The van der Waals surface area contributed by atoms with Crippen LogP contribution in [0.25, 0.3) is 0 Å². The SMILES string of the molecule is O=C(c1ccccc1OCC1CCCN(Cc2ccncc2F)C1)N1CCOCC1. The number of nitrogens with zero attached hydrogens (tertiary/aromatic N) is 3. The van der Waals surface area contributed by atoms with Crippen molar-refractivity contribution in [3.63, 3.8) is 0 Å². The Morgan fingerprint density at radius 1 is 1.20 bits per heavy atom. The van der Waals surface area contributed by atoms with E-state index in [1.807, 2.05) is 29.2 Å². The van der Waals surface area contributed by atoms with Gasteiger partial charge in [-0.3, -0.25) is 14.7 Å². The van der Waals surface area contributed by atoms with Gasteiger partial charge in [0.05, 0.1) is 31.6 Å². The number of amides is 1. The van der Waals surface area contributed by atoms with Crippen molar-refractivity contribution in [1.82, 2.24) is 14.8 Å². The summed E-state index contributed by atoms with van der Waals surface area (Å²) < 4.78 is 25.4. The Balaban J connectivity index is 1.35. The Bertz CT molecular complexity index is 857. The lowest BCUT2D eigenvalue weighted by Gasteiger charge is -2.33. The molecule has 1 aromatic carbocycles. The van der Waals surface area contributed by atoms with E-state index in [-0.39, 0.29) is 11.7 Å². The highest BCUT2D eigenvalue weighted by molar-refractivity contribution is 5.97. The van der Waals surface area contributed by atoms with Gasteiger partial charge >= 0.3 is 0 Å². The molecule has 2 saturated heterocycles. The molecule has 1 amide bonds. The van der Waals surface area contributed by atoms with Crippen LogP contribution in [0.2, 0.25) is 0 Å². The first-order valence-corrected chi connectivity index (χ1v) is 10.6. The molecule has 2 aliphatic rings. The van der Waals surface area contributed by atoms with Gasteiger partial charge in [-0.1, -0.05) is 12.1 Å². The second-order valence-corrected chi connectivity index (χ2v) is 7.92. The number of likely N-dealkylation sites (tertiary alicyclic amines) is 1. The lowest BCUT2D eigenvalue weighted by Crippen LogP contribution is -2.41. The predicted molar refractivity (Wildman–Crippen MR) is 111 cm³/mol. The first kappa shape index (κ1) is 20.8. The van der Waals surface area contributed by atoms with Crippen LogP contribution < -0.4 is 4.74 Å². The molecular weight excluding hydrogens is 385 g/mol. The van der Waals surface area contributed by atoms with E-state index in [0.717, 1.165) is 25.9 Å². The zero-order valence-electron chi connectivity index (χ0n) is 17.1. The summed E-state index contributed by atoms with van der Waals surface area (Å²) in [6, 6.07) is 9.19. The third kappa shape index (κ3) is 5.15. The smallest absolute Gasteiger partial charge is 0.257 e. The molecule has 0 aliphatic carbocycles. The van der Waals surface area contributed by atoms with Crippen molar-refractivity contribution in [3.05, 3.63) is 59.7 Å². The molecule has 6 nitrogen and oxygen atoms in total. The molecular formula is C23H28FN3O3. The van der Waals surface area contributed by atoms with Crippen LogP contribution in [0.5, 0.6) is 5.75 Å². The molecule has 7 heteroatoms. The summed E-state index contributed by atoms with van der Waals surface area (Å²) in [6.45, 7) is 5.29. The van der Waals surface area contributed by atoms with E-state index in [2.05, 4.69) is 9.88 Å². The van der Waals surface area contributed by atoms with Crippen LogP contribution in [-0.4, -0.2) is 66.7 Å². The normalized spacial score (nSPS) is 20.2. The number of carbonyl (C=O) groups is 1. The number of hydrogen-bond donors (Lipinski definition) is 0. The van der Waals surface area contributed by atoms with Gasteiger partial charge in [0.2, 0.25) is 0 Å². The summed E-state index contributed by atoms with van der Waals surface area (Å²) in [5, 5.41) is 0. The molecule has 0 saturated carbocycles. The van der Waals surface area contributed by atoms with Crippen molar-refractivity contribution in [2.24, 2.45) is 5.92 Å². The van der Waals surface area contributed by atoms with Gasteiger partial charge in [-0.25, -0.2) is 4.39 Å². The fraction of sp³-hybridized carbons (Fsp3) is 0.478. The van der Waals surface area contributed by atoms with Crippen molar-refractivity contribution >= 4 is 5.91 Å². The molecule has 2 aromatic rings. The van der Waals surface area contributed by atoms with Gasteiger partial charge in [0.25, 0.3) is 5.91 Å². The largest absolute Gasteiger partial charge is 0.492 e. The third-order valence-corrected chi connectivity index (χ3v) is 5.74. The fourth-order valence-electron chi connectivity index (χ4n) is 4.12. The van der Waals surface area contributed by atoms with Gasteiger partial charge in [-0.2, -0.15) is 0 Å². The van der Waals surface area contributed by atoms with E-state index in [1.165, 1.54) is 6.20 Å². The first-order valence-electron chi connectivity index (χ1n) is 10.6. The maximum absolute atomic E-state index is 13.9. The second-order valence-electron chi connectivity index (χ2n) is 7.92. The number of rotatable bonds is 6. The highest BCUT2D eigenvalue weighted by Crippen LogP contribution is 2.24. The highest BCUT2D eigenvalue weighted by atomic mass is 19.1. The van der Waals surface area contributed by atoms with Gasteiger partial charge in [-0.05, 0) is 37.6 Å². The summed E-state index contributed by atoms with van der Waals surface area (Å²) in [7, 11) is 0. The third-order valence-electron chi connectivity index (χ3n) is 5.74. The average molecular weight is 413 g/mol. The number of piperidine rings is 1. The molecule has 1 aromatic heterocycles. The summed E-state index contributed by atoms with van der Waals surface area (Å²) >= 11 is 0. The minimum Gasteiger partial charge on any atom is -0.492 e. The molecule has 1 atom stereocenters. The van der Waals surface area contributed by atoms with E-state index >= 15 is 0 Å². The lowest BCUT2D eigenvalue weighted by molar-refractivity contribution is 0.0299. The Kier molecular flexibility index (Phi) is 6.92. The van der Waals surface area contributed by atoms with Gasteiger partial charge in [0, 0.05) is 43.9 Å². The number of morpholine rings is 1. The van der Waals surface area contributed by atoms with Crippen LogP contribution in [0.3, 0.4) is 0 Å². The molecule has 0 bridgehead atoms. The minimum absolute atomic E-state index is 0.00710.